The minimum atomic E-state index is -4.32. The van der Waals surface area contributed by atoms with E-state index in [0.29, 0.717) is 6.54 Å². The molecule has 5 nitrogen and oxygen atoms in total. The number of Topliss-reactive ketones (excluding diaryl/α,β-unsaturated/α-hetero) is 1. The summed E-state index contributed by atoms with van der Waals surface area (Å²) in [5.41, 5.74) is 0.224. The van der Waals surface area contributed by atoms with Gasteiger partial charge < -0.3 is 5.32 Å². The summed E-state index contributed by atoms with van der Waals surface area (Å²) in [4.78, 5) is 11.6. The summed E-state index contributed by atoms with van der Waals surface area (Å²) in [7, 11) is 0. The monoisotopic (exact) mass is 250 g/mol. The molecular weight excluding hydrogens is 237 g/mol. The maximum absolute atomic E-state index is 11.8. The Hall–Kier alpha value is -1.44. The number of carbonyl (C=O) groups is 1. The van der Waals surface area contributed by atoms with Gasteiger partial charge in [-0.2, -0.15) is 13.2 Å². The molecule has 1 heterocycles. The second-order valence-corrected chi connectivity index (χ2v) is 3.48. The molecule has 1 aromatic rings. The van der Waals surface area contributed by atoms with Crippen molar-refractivity contribution < 1.29 is 18.0 Å². The van der Waals surface area contributed by atoms with E-state index in [-0.39, 0.29) is 12.2 Å². The van der Waals surface area contributed by atoms with Gasteiger partial charge in [-0.05, 0) is 6.42 Å². The summed E-state index contributed by atoms with van der Waals surface area (Å²) in [6.07, 6.45) is -2.30. The lowest BCUT2D eigenvalue weighted by Gasteiger charge is -2.07. The number of alkyl halides is 3. The third-order valence-corrected chi connectivity index (χ3v) is 1.95. The molecule has 0 spiro atoms. The van der Waals surface area contributed by atoms with E-state index in [9.17, 15) is 18.0 Å². The van der Waals surface area contributed by atoms with Crippen LogP contribution in [0.5, 0.6) is 0 Å². The van der Waals surface area contributed by atoms with E-state index in [4.69, 9.17) is 0 Å². The van der Waals surface area contributed by atoms with Gasteiger partial charge in [-0.15, -0.1) is 5.10 Å². The van der Waals surface area contributed by atoms with Crippen molar-refractivity contribution in [3.8, 4) is 0 Å². The molecule has 0 aliphatic heterocycles. The van der Waals surface area contributed by atoms with E-state index >= 15 is 0 Å². The molecule has 1 rings (SSSR count). The Balaban J connectivity index is 2.49. The Bertz CT molecular complexity index is 375. The van der Waals surface area contributed by atoms with E-state index in [2.05, 4.69) is 10.3 Å². The van der Waals surface area contributed by atoms with Crippen LogP contribution in [0.2, 0.25) is 0 Å². The van der Waals surface area contributed by atoms with Crippen LogP contribution in [0.15, 0.2) is 6.20 Å². The summed E-state index contributed by atoms with van der Waals surface area (Å²) in [5.74, 6) is -0.451. The molecule has 8 heteroatoms. The van der Waals surface area contributed by atoms with Gasteiger partial charge in [0, 0.05) is 6.54 Å². The fourth-order valence-corrected chi connectivity index (χ4v) is 1.26. The van der Waals surface area contributed by atoms with Crippen molar-refractivity contribution in [3.05, 3.63) is 11.9 Å². The van der Waals surface area contributed by atoms with Crippen LogP contribution in [0.25, 0.3) is 0 Å². The Morgan fingerprint density at radius 3 is 2.82 bits per heavy atom. The number of aryl methyl sites for hydroxylation is 1. The van der Waals surface area contributed by atoms with Crippen LogP contribution >= 0.6 is 0 Å². The van der Waals surface area contributed by atoms with E-state index in [1.165, 1.54) is 10.9 Å². The SMILES string of the molecule is CCCn1nncc1C(=O)CNCC(F)(F)F. The topological polar surface area (TPSA) is 59.8 Å². The number of hydrogen-bond donors (Lipinski definition) is 1. The smallest absolute Gasteiger partial charge is 0.301 e. The van der Waals surface area contributed by atoms with E-state index in [0.717, 1.165) is 6.42 Å². The first-order valence-corrected chi connectivity index (χ1v) is 5.13. The fraction of sp³-hybridized carbons (Fsp3) is 0.667. The average Bonchev–Trinajstić information content (AvgIpc) is 2.64. The second kappa shape index (κ2) is 5.76. The van der Waals surface area contributed by atoms with Gasteiger partial charge >= 0.3 is 6.18 Å². The third kappa shape index (κ3) is 4.51. The predicted molar refractivity (Wildman–Crippen MR) is 53.6 cm³/mol. The fourth-order valence-electron chi connectivity index (χ4n) is 1.26. The Morgan fingerprint density at radius 1 is 1.53 bits per heavy atom. The van der Waals surface area contributed by atoms with Crippen LogP contribution in [0.4, 0.5) is 13.2 Å². The molecule has 0 amide bonds. The summed E-state index contributed by atoms with van der Waals surface area (Å²) >= 11 is 0. The molecular formula is C9H13F3N4O. The van der Waals surface area contributed by atoms with Gasteiger partial charge in [0.05, 0.1) is 19.3 Å². The van der Waals surface area contributed by atoms with Gasteiger partial charge in [0.1, 0.15) is 5.69 Å². The summed E-state index contributed by atoms with van der Waals surface area (Å²) in [6, 6.07) is 0. The molecule has 0 unspecified atom stereocenters. The van der Waals surface area contributed by atoms with Crippen molar-refractivity contribution in [1.29, 1.82) is 0 Å². The molecule has 0 saturated carbocycles. The Morgan fingerprint density at radius 2 is 2.24 bits per heavy atom. The zero-order valence-electron chi connectivity index (χ0n) is 9.29. The highest BCUT2D eigenvalue weighted by atomic mass is 19.4. The highest BCUT2D eigenvalue weighted by molar-refractivity contribution is 5.95. The minimum Gasteiger partial charge on any atom is -0.301 e. The number of nitrogens with one attached hydrogen (secondary N) is 1. The van der Waals surface area contributed by atoms with E-state index in [1.807, 2.05) is 12.2 Å². The first-order chi connectivity index (χ1) is 7.94. The summed E-state index contributed by atoms with van der Waals surface area (Å²) in [6.45, 7) is 0.850. The predicted octanol–water partition coefficient (Wildman–Crippen LogP) is 1.02. The van der Waals surface area contributed by atoms with Crippen molar-refractivity contribution in [3.63, 3.8) is 0 Å². The lowest BCUT2D eigenvalue weighted by Crippen LogP contribution is -2.33. The first kappa shape index (κ1) is 13.6. The second-order valence-electron chi connectivity index (χ2n) is 3.48. The van der Waals surface area contributed by atoms with Crippen molar-refractivity contribution in [2.24, 2.45) is 0 Å². The quantitative estimate of drug-likeness (QED) is 0.766. The molecule has 1 aromatic heterocycles. The number of halogens is 3. The summed E-state index contributed by atoms with van der Waals surface area (Å²) in [5, 5.41) is 9.28. The molecule has 0 saturated heterocycles. The molecule has 0 fully saturated rings. The van der Waals surface area contributed by atoms with Gasteiger partial charge in [-0.3, -0.25) is 4.79 Å². The first-order valence-electron chi connectivity index (χ1n) is 5.13. The lowest BCUT2D eigenvalue weighted by molar-refractivity contribution is -0.124. The molecule has 0 aromatic carbocycles. The lowest BCUT2D eigenvalue weighted by atomic mass is 10.3. The largest absolute Gasteiger partial charge is 0.401 e. The van der Waals surface area contributed by atoms with Gasteiger partial charge in [0.2, 0.25) is 0 Å². The maximum atomic E-state index is 11.8. The van der Waals surface area contributed by atoms with Crippen LogP contribution in [-0.2, 0) is 6.54 Å². The van der Waals surface area contributed by atoms with Crippen molar-refractivity contribution >= 4 is 5.78 Å². The zero-order chi connectivity index (χ0) is 12.9. The Labute approximate surface area is 96.0 Å². The molecule has 0 bridgehead atoms. The third-order valence-electron chi connectivity index (χ3n) is 1.95. The van der Waals surface area contributed by atoms with Gasteiger partial charge in [0.15, 0.2) is 5.78 Å². The maximum Gasteiger partial charge on any atom is 0.401 e. The number of nitrogens with zero attached hydrogens (tertiary/aromatic N) is 3. The molecule has 0 aliphatic carbocycles. The standard InChI is InChI=1S/C9H13F3N4O/c1-2-3-16-7(4-14-15-16)8(17)5-13-6-9(10,11)12/h4,13H,2-3,5-6H2,1H3. The van der Waals surface area contributed by atoms with Gasteiger partial charge in [-0.1, -0.05) is 12.1 Å². The number of carbonyl (C=O) groups excluding carboxylic acids is 1. The van der Waals surface area contributed by atoms with Crippen molar-refractivity contribution in [1.82, 2.24) is 20.3 Å². The van der Waals surface area contributed by atoms with Gasteiger partial charge in [-0.25, -0.2) is 4.68 Å². The van der Waals surface area contributed by atoms with Crippen LogP contribution in [-0.4, -0.2) is 40.0 Å². The summed E-state index contributed by atoms with van der Waals surface area (Å²) < 4.78 is 36.9. The number of rotatable bonds is 6. The van der Waals surface area contributed by atoms with E-state index in [1.54, 1.807) is 0 Å². The van der Waals surface area contributed by atoms with Crippen LogP contribution < -0.4 is 5.32 Å². The highest BCUT2D eigenvalue weighted by Crippen LogP contribution is 2.12. The van der Waals surface area contributed by atoms with Crippen molar-refractivity contribution in [2.45, 2.75) is 26.1 Å². The minimum absolute atomic E-state index is 0.224. The molecule has 96 valence electrons. The molecule has 1 N–H and O–H groups in total. The van der Waals surface area contributed by atoms with Crippen LogP contribution in [0.3, 0.4) is 0 Å². The van der Waals surface area contributed by atoms with E-state index < -0.39 is 18.5 Å². The molecule has 0 atom stereocenters. The zero-order valence-corrected chi connectivity index (χ0v) is 9.29. The van der Waals surface area contributed by atoms with Gasteiger partial charge in [0.25, 0.3) is 0 Å². The van der Waals surface area contributed by atoms with Crippen LogP contribution in [0, 0.1) is 0 Å². The van der Waals surface area contributed by atoms with Crippen molar-refractivity contribution in [2.75, 3.05) is 13.1 Å². The molecule has 17 heavy (non-hydrogen) atoms. The highest BCUT2D eigenvalue weighted by Gasteiger charge is 2.26. The number of hydrogen-bond acceptors (Lipinski definition) is 4. The normalized spacial score (nSPS) is 11.8. The number of aromatic nitrogens is 3. The molecule has 0 aliphatic rings. The molecule has 0 radical (unpaired) electrons. The number of ketones is 1. The average molecular weight is 250 g/mol. The van der Waals surface area contributed by atoms with Crippen LogP contribution in [0.1, 0.15) is 23.8 Å². The Kier molecular flexibility index (Phi) is 4.62.